The van der Waals surface area contributed by atoms with Crippen molar-refractivity contribution in [3.05, 3.63) is 17.5 Å². The Labute approximate surface area is 122 Å². The molecule has 0 aliphatic heterocycles. The lowest BCUT2D eigenvalue weighted by Crippen LogP contribution is -2.27. The third kappa shape index (κ3) is 3.50. The fourth-order valence-electron chi connectivity index (χ4n) is 3.45. The number of Topliss-reactive ketones (excluding diaryl/α,β-unsaturated/α-hetero) is 1. The monoisotopic (exact) mass is 276 g/mol. The van der Waals surface area contributed by atoms with E-state index in [4.69, 9.17) is 0 Å². The van der Waals surface area contributed by atoms with E-state index >= 15 is 0 Å². The molecule has 0 radical (unpaired) electrons. The number of carbonyl (C=O) groups is 1. The van der Waals surface area contributed by atoms with E-state index in [1.165, 1.54) is 18.5 Å². The normalized spacial score (nSPS) is 23.2. The van der Waals surface area contributed by atoms with Crippen LogP contribution < -0.4 is 0 Å². The first kappa shape index (κ1) is 15.3. The van der Waals surface area contributed by atoms with Crippen LogP contribution in [0.2, 0.25) is 0 Å². The third-order valence-corrected chi connectivity index (χ3v) is 4.60. The highest BCUT2D eigenvalue weighted by atomic mass is 16.1. The van der Waals surface area contributed by atoms with Crippen molar-refractivity contribution >= 4 is 5.78 Å². The van der Waals surface area contributed by atoms with Crippen LogP contribution in [-0.4, -0.2) is 15.6 Å². The maximum Gasteiger partial charge on any atom is 0.136 e. The van der Waals surface area contributed by atoms with Crippen molar-refractivity contribution in [1.82, 2.24) is 9.78 Å². The summed E-state index contributed by atoms with van der Waals surface area (Å²) in [6.07, 6.45) is 7.35. The summed E-state index contributed by atoms with van der Waals surface area (Å²) in [5.41, 5.74) is 2.40. The number of hydrogen-bond donors (Lipinski definition) is 0. The van der Waals surface area contributed by atoms with E-state index in [1.807, 2.05) is 0 Å². The summed E-state index contributed by atoms with van der Waals surface area (Å²) in [5, 5.41) is 4.60. The average molecular weight is 276 g/mol. The topological polar surface area (TPSA) is 34.9 Å². The summed E-state index contributed by atoms with van der Waals surface area (Å²) in [4.78, 5) is 12.2. The molecule has 0 saturated heterocycles. The van der Waals surface area contributed by atoms with Gasteiger partial charge in [-0.3, -0.25) is 9.48 Å². The summed E-state index contributed by atoms with van der Waals surface area (Å²) < 4.78 is 2.08. The Morgan fingerprint density at radius 1 is 1.35 bits per heavy atom. The van der Waals surface area contributed by atoms with Crippen molar-refractivity contribution < 1.29 is 4.79 Å². The first-order chi connectivity index (χ1) is 9.67. The minimum atomic E-state index is 0.229. The van der Waals surface area contributed by atoms with Gasteiger partial charge in [0, 0.05) is 24.6 Å². The van der Waals surface area contributed by atoms with Crippen molar-refractivity contribution in [3.8, 4) is 0 Å². The Kier molecular flexibility index (Phi) is 5.38. The molecule has 3 nitrogen and oxygen atoms in total. The first-order valence-corrected chi connectivity index (χ1v) is 8.26. The molecule has 112 valence electrons. The zero-order chi connectivity index (χ0) is 14.5. The number of ketones is 1. The molecule has 1 aliphatic carbocycles. The van der Waals surface area contributed by atoms with Gasteiger partial charge in [-0.25, -0.2) is 0 Å². The molecule has 2 rings (SSSR count). The van der Waals surface area contributed by atoms with E-state index in [1.54, 1.807) is 0 Å². The molecular formula is C17H28N2O. The number of aromatic nitrogens is 2. The van der Waals surface area contributed by atoms with Crippen LogP contribution in [0.4, 0.5) is 0 Å². The zero-order valence-electron chi connectivity index (χ0n) is 13.2. The second-order valence-corrected chi connectivity index (χ2v) is 6.09. The van der Waals surface area contributed by atoms with Crippen LogP contribution in [0.1, 0.15) is 64.3 Å². The van der Waals surface area contributed by atoms with Gasteiger partial charge in [0.25, 0.3) is 0 Å². The maximum atomic E-state index is 12.2. The summed E-state index contributed by atoms with van der Waals surface area (Å²) in [6, 6.07) is 2.19. The zero-order valence-corrected chi connectivity index (χ0v) is 13.2. The predicted molar refractivity (Wildman–Crippen MR) is 81.7 cm³/mol. The van der Waals surface area contributed by atoms with Crippen LogP contribution in [0.25, 0.3) is 0 Å². The lowest BCUT2D eigenvalue weighted by Gasteiger charge is -2.28. The molecule has 0 amide bonds. The number of nitrogens with zero attached hydrogens (tertiary/aromatic N) is 2. The van der Waals surface area contributed by atoms with E-state index in [0.29, 0.717) is 5.78 Å². The number of aryl methyl sites for hydroxylation is 2. The molecule has 1 aromatic rings. The number of hydrogen-bond acceptors (Lipinski definition) is 2. The largest absolute Gasteiger partial charge is 0.299 e. The predicted octanol–water partition coefficient (Wildman–Crippen LogP) is 3.79. The van der Waals surface area contributed by atoms with Crippen molar-refractivity contribution in [2.75, 3.05) is 0 Å². The summed E-state index contributed by atoms with van der Waals surface area (Å²) in [5.74, 6) is 1.46. The molecule has 2 atom stereocenters. The highest BCUT2D eigenvalue weighted by Gasteiger charge is 2.29. The van der Waals surface area contributed by atoms with Gasteiger partial charge in [-0.15, -0.1) is 0 Å². The molecular weight excluding hydrogens is 248 g/mol. The van der Waals surface area contributed by atoms with Crippen LogP contribution in [0.3, 0.4) is 0 Å². The molecule has 1 saturated carbocycles. The highest BCUT2D eigenvalue weighted by molar-refractivity contribution is 5.82. The van der Waals surface area contributed by atoms with E-state index in [2.05, 4.69) is 36.6 Å². The SMILES string of the molecule is CCCC1CCC(=O)C(Cc2cc(CC)nn2CC)C1. The molecule has 0 bridgehead atoms. The maximum absolute atomic E-state index is 12.2. The third-order valence-electron chi connectivity index (χ3n) is 4.60. The number of rotatable bonds is 6. The molecule has 2 unspecified atom stereocenters. The van der Waals surface area contributed by atoms with Gasteiger partial charge >= 0.3 is 0 Å². The Bertz CT molecular complexity index is 450. The summed E-state index contributed by atoms with van der Waals surface area (Å²) in [6.45, 7) is 7.40. The minimum absolute atomic E-state index is 0.229. The first-order valence-electron chi connectivity index (χ1n) is 8.26. The minimum Gasteiger partial charge on any atom is -0.299 e. The average Bonchev–Trinajstić information content (AvgIpc) is 2.85. The van der Waals surface area contributed by atoms with Crippen molar-refractivity contribution in [3.63, 3.8) is 0 Å². The lowest BCUT2D eigenvalue weighted by molar-refractivity contribution is -0.125. The van der Waals surface area contributed by atoms with Crippen LogP contribution in [-0.2, 0) is 24.2 Å². The van der Waals surface area contributed by atoms with Gasteiger partial charge in [0.05, 0.1) is 5.69 Å². The van der Waals surface area contributed by atoms with Gasteiger partial charge < -0.3 is 0 Å². The van der Waals surface area contributed by atoms with E-state index in [-0.39, 0.29) is 5.92 Å². The second-order valence-electron chi connectivity index (χ2n) is 6.09. The van der Waals surface area contributed by atoms with E-state index < -0.39 is 0 Å². The fraction of sp³-hybridized carbons (Fsp3) is 0.765. The molecule has 1 aromatic heterocycles. The molecule has 20 heavy (non-hydrogen) atoms. The summed E-state index contributed by atoms with van der Waals surface area (Å²) in [7, 11) is 0. The van der Waals surface area contributed by atoms with Crippen LogP contribution >= 0.6 is 0 Å². The number of carbonyl (C=O) groups excluding carboxylic acids is 1. The smallest absolute Gasteiger partial charge is 0.136 e. The standard InChI is InChI=1S/C17H28N2O/c1-4-7-13-8-9-17(20)14(10-13)11-16-12-15(5-2)18-19(16)6-3/h12-14H,4-11H2,1-3H3. The molecule has 1 fully saturated rings. The van der Waals surface area contributed by atoms with Crippen molar-refractivity contribution in [2.45, 2.75) is 72.3 Å². The van der Waals surface area contributed by atoms with Gasteiger partial charge in [0.1, 0.15) is 5.78 Å². The van der Waals surface area contributed by atoms with Crippen molar-refractivity contribution in [1.29, 1.82) is 0 Å². The molecule has 1 heterocycles. The Balaban J connectivity index is 2.07. The Morgan fingerprint density at radius 2 is 2.15 bits per heavy atom. The lowest BCUT2D eigenvalue weighted by atomic mass is 9.77. The van der Waals surface area contributed by atoms with Crippen LogP contribution in [0.5, 0.6) is 0 Å². The van der Waals surface area contributed by atoms with E-state index in [0.717, 1.165) is 50.3 Å². The van der Waals surface area contributed by atoms with Crippen LogP contribution in [0, 0.1) is 11.8 Å². The fourth-order valence-corrected chi connectivity index (χ4v) is 3.45. The second kappa shape index (κ2) is 7.05. The Hall–Kier alpha value is -1.12. The summed E-state index contributed by atoms with van der Waals surface area (Å²) >= 11 is 0. The van der Waals surface area contributed by atoms with E-state index in [9.17, 15) is 4.79 Å². The molecule has 0 spiro atoms. The molecule has 1 aliphatic rings. The van der Waals surface area contributed by atoms with Gasteiger partial charge in [0.2, 0.25) is 0 Å². The molecule has 0 aromatic carbocycles. The van der Waals surface area contributed by atoms with Gasteiger partial charge in [-0.05, 0) is 44.6 Å². The quantitative estimate of drug-likeness (QED) is 0.792. The highest BCUT2D eigenvalue weighted by Crippen LogP contribution is 2.31. The van der Waals surface area contributed by atoms with Crippen molar-refractivity contribution in [2.24, 2.45) is 11.8 Å². The van der Waals surface area contributed by atoms with Crippen LogP contribution in [0.15, 0.2) is 6.07 Å². The molecule has 0 N–H and O–H groups in total. The van der Waals surface area contributed by atoms with Gasteiger partial charge in [-0.2, -0.15) is 5.10 Å². The van der Waals surface area contributed by atoms with Gasteiger partial charge in [-0.1, -0.05) is 26.7 Å². The Morgan fingerprint density at radius 3 is 2.80 bits per heavy atom. The van der Waals surface area contributed by atoms with Gasteiger partial charge in [0.15, 0.2) is 0 Å². The molecule has 3 heteroatoms.